The summed E-state index contributed by atoms with van der Waals surface area (Å²) in [5.74, 6) is 5.82. The Morgan fingerprint density at radius 2 is 2.19 bits per heavy atom. The van der Waals surface area contributed by atoms with Crippen LogP contribution in [0, 0.1) is 0 Å². The maximum Gasteiger partial charge on any atom is 0.235 e. The fraction of sp³-hybridized carbons (Fsp3) is 0.444. The molecule has 0 aliphatic carbocycles. The summed E-state index contributed by atoms with van der Waals surface area (Å²) in [6.07, 6.45) is -0.165. The van der Waals surface area contributed by atoms with Crippen LogP contribution in [0.4, 0.5) is 5.82 Å². The lowest BCUT2D eigenvalue weighted by molar-refractivity contribution is 0.0891. The predicted molar refractivity (Wildman–Crippen MR) is 64.0 cm³/mol. The van der Waals surface area contributed by atoms with Crippen LogP contribution in [0.25, 0.3) is 0 Å². The summed E-state index contributed by atoms with van der Waals surface area (Å²) < 4.78 is 10.4. The molecule has 1 aromatic heterocycles. The first-order valence-electron chi connectivity index (χ1n) is 4.56. The number of nitrogens with two attached hydrogens (primary N) is 1. The van der Waals surface area contributed by atoms with Crippen molar-refractivity contribution in [3.63, 3.8) is 0 Å². The quantitative estimate of drug-likeness (QED) is 0.630. The lowest BCUT2D eigenvalue weighted by Gasteiger charge is -2.15. The van der Waals surface area contributed by atoms with Gasteiger partial charge in [-0.15, -0.1) is 0 Å². The maximum absolute atomic E-state index is 5.92. The van der Waals surface area contributed by atoms with E-state index in [4.69, 9.17) is 38.5 Å². The predicted octanol–water partition coefficient (Wildman–Crippen LogP) is 2.09. The molecule has 1 rings (SSSR count). The fourth-order valence-electron chi connectivity index (χ4n) is 1.09. The van der Waals surface area contributed by atoms with Gasteiger partial charge in [0.25, 0.3) is 0 Å². The number of hydrogen-bond donors (Lipinski definition) is 2. The van der Waals surface area contributed by atoms with Crippen LogP contribution >= 0.6 is 23.2 Å². The first-order chi connectivity index (χ1) is 7.58. The minimum atomic E-state index is -0.165. The molecule has 16 heavy (non-hydrogen) atoms. The van der Waals surface area contributed by atoms with Crippen molar-refractivity contribution in [1.29, 1.82) is 0 Å². The van der Waals surface area contributed by atoms with Crippen molar-refractivity contribution >= 4 is 29.0 Å². The first kappa shape index (κ1) is 13.3. The molecule has 1 heterocycles. The number of hydrogen-bond acceptors (Lipinski definition) is 5. The van der Waals surface area contributed by atoms with Gasteiger partial charge in [0.15, 0.2) is 5.82 Å². The van der Waals surface area contributed by atoms with Crippen molar-refractivity contribution in [3.05, 3.63) is 16.1 Å². The molecule has 5 nitrogen and oxygen atoms in total. The third-order valence-corrected chi connectivity index (χ3v) is 2.31. The lowest BCUT2D eigenvalue weighted by Crippen LogP contribution is -2.19. The highest BCUT2D eigenvalue weighted by atomic mass is 35.5. The van der Waals surface area contributed by atoms with Gasteiger partial charge in [-0.05, 0) is 13.0 Å². The van der Waals surface area contributed by atoms with Crippen molar-refractivity contribution in [2.45, 2.75) is 13.0 Å². The summed E-state index contributed by atoms with van der Waals surface area (Å²) in [5, 5.41) is 0.659. The molecule has 0 aliphatic rings. The summed E-state index contributed by atoms with van der Waals surface area (Å²) >= 11 is 11.8. The minimum absolute atomic E-state index is 0.165. The number of aromatic nitrogens is 1. The molecule has 90 valence electrons. The zero-order chi connectivity index (χ0) is 12.1. The van der Waals surface area contributed by atoms with Crippen LogP contribution in [0.2, 0.25) is 10.0 Å². The van der Waals surface area contributed by atoms with Crippen molar-refractivity contribution in [3.8, 4) is 5.88 Å². The summed E-state index contributed by atoms with van der Waals surface area (Å²) in [7, 11) is 1.59. The Kier molecular flexibility index (Phi) is 5.08. The van der Waals surface area contributed by atoms with Crippen LogP contribution in [-0.2, 0) is 4.74 Å². The van der Waals surface area contributed by atoms with E-state index in [2.05, 4.69) is 10.4 Å². The number of ether oxygens (including phenoxy) is 2. The van der Waals surface area contributed by atoms with Crippen molar-refractivity contribution in [1.82, 2.24) is 4.98 Å². The molecule has 0 saturated carbocycles. The summed E-state index contributed by atoms with van der Waals surface area (Å²) in [6, 6.07) is 1.51. The van der Waals surface area contributed by atoms with E-state index in [1.807, 2.05) is 6.92 Å². The normalized spacial score (nSPS) is 12.3. The fourth-order valence-corrected chi connectivity index (χ4v) is 1.55. The number of nitrogens with one attached hydrogen (secondary N) is 1. The van der Waals surface area contributed by atoms with Crippen molar-refractivity contribution in [2.24, 2.45) is 5.84 Å². The van der Waals surface area contributed by atoms with E-state index in [-0.39, 0.29) is 12.0 Å². The van der Waals surface area contributed by atoms with E-state index in [1.165, 1.54) is 6.07 Å². The van der Waals surface area contributed by atoms with Crippen molar-refractivity contribution < 1.29 is 9.47 Å². The second-order valence-corrected chi connectivity index (χ2v) is 3.95. The molecule has 0 spiro atoms. The topological polar surface area (TPSA) is 69.4 Å². The molecule has 0 fully saturated rings. The van der Waals surface area contributed by atoms with Crippen molar-refractivity contribution in [2.75, 3.05) is 19.1 Å². The number of hydrazine groups is 1. The van der Waals surface area contributed by atoms with Crippen LogP contribution in [0.1, 0.15) is 6.92 Å². The van der Waals surface area contributed by atoms with Gasteiger partial charge >= 0.3 is 0 Å². The Labute approximate surface area is 104 Å². The highest BCUT2D eigenvalue weighted by molar-refractivity contribution is 6.36. The third kappa shape index (κ3) is 3.38. The molecule has 0 bridgehead atoms. The minimum Gasteiger partial charge on any atom is -0.471 e. The SMILES string of the molecule is COCC(C)Oc1nc(NN)c(Cl)cc1Cl. The van der Waals surface area contributed by atoms with Crippen LogP contribution < -0.4 is 16.0 Å². The molecule has 0 aromatic carbocycles. The number of nitrogen functional groups attached to an aromatic ring is 1. The molecule has 0 amide bonds. The molecule has 1 aromatic rings. The maximum atomic E-state index is 5.92. The van der Waals surface area contributed by atoms with Gasteiger partial charge in [-0.2, -0.15) is 4.98 Å². The van der Waals surface area contributed by atoms with Crippen LogP contribution in [0.5, 0.6) is 5.88 Å². The van der Waals surface area contributed by atoms with E-state index >= 15 is 0 Å². The summed E-state index contributed by atoms with van der Waals surface area (Å²) in [4.78, 5) is 4.03. The second-order valence-electron chi connectivity index (χ2n) is 3.13. The molecule has 1 unspecified atom stereocenters. The number of pyridine rings is 1. The Morgan fingerprint density at radius 3 is 2.75 bits per heavy atom. The number of rotatable bonds is 5. The first-order valence-corrected chi connectivity index (χ1v) is 5.32. The standard InChI is InChI=1S/C9H13Cl2N3O2/c1-5(4-15-2)16-9-7(11)3-6(10)8(13-9)14-12/h3,5H,4,12H2,1-2H3,(H,13,14). The van der Waals surface area contributed by atoms with Crippen LogP contribution in [-0.4, -0.2) is 24.8 Å². The van der Waals surface area contributed by atoms with Gasteiger partial charge in [0.2, 0.25) is 5.88 Å². The summed E-state index contributed by atoms with van der Waals surface area (Å²) in [5.41, 5.74) is 2.36. The Morgan fingerprint density at radius 1 is 1.50 bits per heavy atom. The average molecular weight is 266 g/mol. The van der Waals surface area contributed by atoms with Gasteiger partial charge in [-0.25, -0.2) is 5.84 Å². The molecule has 0 saturated heterocycles. The van der Waals surface area contributed by atoms with E-state index in [1.54, 1.807) is 7.11 Å². The molecule has 1 atom stereocenters. The van der Waals surface area contributed by atoms with Gasteiger partial charge in [0.05, 0.1) is 11.6 Å². The molecular formula is C9H13Cl2N3O2. The molecule has 7 heteroatoms. The van der Waals surface area contributed by atoms with E-state index in [9.17, 15) is 0 Å². The summed E-state index contributed by atoms with van der Waals surface area (Å²) in [6.45, 7) is 2.28. The van der Waals surface area contributed by atoms with Gasteiger partial charge in [-0.1, -0.05) is 23.2 Å². The monoisotopic (exact) mass is 265 g/mol. The molecule has 0 radical (unpaired) electrons. The lowest BCUT2D eigenvalue weighted by atomic mass is 10.4. The van der Waals surface area contributed by atoms with Gasteiger partial charge < -0.3 is 14.9 Å². The number of halogens is 2. The highest BCUT2D eigenvalue weighted by Gasteiger charge is 2.12. The van der Waals surface area contributed by atoms with Crippen LogP contribution in [0.3, 0.4) is 0 Å². The Bertz CT molecular complexity index is 363. The number of methoxy groups -OCH3 is 1. The van der Waals surface area contributed by atoms with E-state index in [0.29, 0.717) is 22.5 Å². The number of nitrogens with zero attached hydrogens (tertiary/aromatic N) is 1. The zero-order valence-electron chi connectivity index (χ0n) is 8.96. The Hall–Kier alpha value is -0.750. The molecular weight excluding hydrogens is 253 g/mol. The largest absolute Gasteiger partial charge is 0.471 e. The van der Waals surface area contributed by atoms with E-state index < -0.39 is 0 Å². The average Bonchev–Trinajstić information content (AvgIpc) is 2.22. The molecule has 3 N–H and O–H groups in total. The number of anilines is 1. The van der Waals surface area contributed by atoms with E-state index in [0.717, 1.165) is 0 Å². The molecule has 0 aliphatic heterocycles. The zero-order valence-corrected chi connectivity index (χ0v) is 10.5. The second kappa shape index (κ2) is 6.10. The van der Waals surface area contributed by atoms with Gasteiger partial charge in [-0.3, -0.25) is 0 Å². The third-order valence-electron chi connectivity index (χ3n) is 1.75. The van der Waals surface area contributed by atoms with Gasteiger partial charge in [0.1, 0.15) is 11.1 Å². The van der Waals surface area contributed by atoms with Crippen LogP contribution in [0.15, 0.2) is 6.07 Å². The Balaban J connectivity index is 2.87. The highest BCUT2D eigenvalue weighted by Crippen LogP contribution is 2.30. The van der Waals surface area contributed by atoms with Gasteiger partial charge in [0, 0.05) is 7.11 Å². The smallest absolute Gasteiger partial charge is 0.235 e.